The fourth-order valence-corrected chi connectivity index (χ4v) is 2.97. The Labute approximate surface area is 174 Å². The van der Waals surface area contributed by atoms with Crippen LogP contribution in [0.5, 0.6) is 5.75 Å². The quantitative estimate of drug-likeness (QED) is 0.513. The Morgan fingerprint density at radius 1 is 1.00 bits per heavy atom. The van der Waals surface area contributed by atoms with E-state index < -0.39 is 6.10 Å². The minimum atomic E-state index is -0.654. The van der Waals surface area contributed by atoms with Crippen LogP contribution in [0, 0.1) is 5.92 Å². The molecule has 0 fully saturated rings. The number of rotatable bonds is 12. The molecule has 0 aliphatic carbocycles. The highest BCUT2D eigenvalue weighted by Gasteiger charge is 2.21. The lowest BCUT2D eigenvalue weighted by molar-refractivity contribution is -0.122. The second kappa shape index (κ2) is 12.2. The first-order valence-corrected chi connectivity index (χ1v) is 10.4. The average Bonchev–Trinajstić information content (AvgIpc) is 2.73. The number of nitrogens with one attached hydrogen (secondary N) is 2. The van der Waals surface area contributed by atoms with Crippen molar-refractivity contribution in [3.05, 3.63) is 65.7 Å². The molecule has 2 aromatic carbocycles. The Hall–Kier alpha value is -2.37. The Morgan fingerprint density at radius 3 is 2.31 bits per heavy atom. The third-order valence-corrected chi connectivity index (χ3v) is 4.67. The first-order valence-electron chi connectivity index (χ1n) is 10.4. The summed E-state index contributed by atoms with van der Waals surface area (Å²) < 4.78 is 5.83. The molecule has 0 aliphatic heterocycles. The Balaban J connectivity index is 1.93. The third-order valence-electron chi connectivity index (χ3n) is 4.67. The van der Waals surface area contributed by atoms with Gasteiger partial charge < -0.3 is 20.5 Å². The molecule has 158 valence electrons. The minimum absolute atomic E-state index is 0.0549. The zero-order valence-electron chi connectivity index (χ0n) is 17.7. The number of ether oxygens (including phenoxy) is 1. The van der Waals surface area contributed by atoms with Crippen LogP contribution in [0.4, 0.5) is 0 Å². The van der Waals surface area contributed by atoms with Crippen molar-refractivity contribution in [1.29, 1.82) is 0 Å². The van der Waals surface area contributed by atoms with Crippen LogP contribution in [-0.4, -0.2) is 36.2 Å². The lowest BCUT2D eigenvalue weighted by atomic mass is 10.0. The van der Waals surface area contributed by atoms with Crippen LogP contribution in [0.3, 0.4) is 0 Å². The second-order valence-electron chi connectivity index (χ2n) is 7.77. The maximum atomic E-state index is 11.9. The first-order chi connectivity index (χ1) is 14.0. The van der Waals surface area contributed by atoms with Crippen molar-refractivity contribution >= 4 is 5.91 Å². The third kappa shape index (κ3) is 8.67. The predicted octanol–water partition coefficient (Wildman–Crippen LogP) is 3.31. The van der Waals surface area contributed by atoms with Crippen molar-refractivity contribution in [2.45, 2.75) is 52.4 Å². The SMILES string of the molecule is CCC(=O)N[C@@H](Cc1ccc(OCc2ccccc2)cc1)[C@H](O)CNCC(C)C. The van der Waals surface area contributed by atoms with E-state index in [0.29, 0.717) is 31.9 Å². The van der Waals surface area contributed by atoms with Gasteiger partial charge in [0.15, 0.2) is 0 Å². The highest BCUT2D eigenvalue weighted by molar-refractivity contribution is 5.75. The monoisotopic (exact) mass is 398 g/mol. The molecule has 1 amide bonds. The number of carbonyl (C=O) groups excluding carboxylic acids is 1. The van der Waals surface area contributed by atoms with Gasteiger partial charge in [-0.15, -0.1) is 0 Å². The van der Waals surface area contributed by atoms with Crippen LogP contribution >= 0.6 is 0 Å². The molecule has 0 aromatic heterocycles. The van der Waals surface area contributed by atoms with Crippen LogP contribution < -0.4 is 15.4 Å². The summed E-state index contributed by atoms with van der Waals surface area (Å²) in [6.07, 6.45) is 0.308. The van der Waals surface area contributed by atoms with Gasteiger partial charge in [-0.3, -0.25) is 4.79 Å². The number of aliphatic hydroxyl groups is 1. The molecule has 0 spiro atoms. The Bertz CT molecular complexity index is 717. The fourth-order valence-electron chi connectivity index (χ4n) is 2.97. The normalized spacial score (nSPS) is 13.1. The van der Waals surface area contributed by atoms with Gasteiger partial charge in [-0.1, -0.05) is 63.2 Å². The zero-order valence-corrected chi connectivity index (χ0v) is 17.7. The van der Waals surface area contributed by atoms with Gasteiger partial charge >= 0.3 is 0 Å². The van der Waals surface area contributed by atoms with Crippen LogP contribution in [0.25, 0.3) is 0 Å². The number of aliphatic hydroxyl groups excluding tert-OH is 1. The van der Waals surface area contributed by atoms with Crippen molar-refractivity contribution < 1.29 is 14.6 Å². The standard InChI is InChI=1S/C24H34N2O3/c1-4-24(28)26-22(23(27)16-25-15-18(2)3)14-19-10-12-21(13-11-19)29-17-20-8-6-5-7-9-20/h5-13,18,22-23,25,27H,4,14-17H2,1-3H3,(H,26,28)/t22-,23+/m0/s1. The molecule has 0 saturated heterocycles. The smallest absolute Gasteiger partial charge is 0.220 e. The fraction of sp³-hybridized carbons (Fsp3) is 0.458. The zero-order chi connectivity index (χ0) is 21.1. The van der Waals surface area contributed by atoms with E-state index in [1.54, 1.807) is 0 Å². The number of carbonyl (C=O) groups is 1. The summed E-state index contributed by atoms with van der Waals surface area (Å²) in [5.74, 6) is 1.25. The van der Waals surface area contributed by atoms with Gasteiger partial charge in [0, 0.05) is 13.0 Å². The summed E-state index contributed by atoms with van der Waals surface area (Å²) >= 11 is 0. The maximum absolute atomic E-state index is 11.9. The summed E-state index contributed by atoms with van der Waals surface area (Å²) in [6, 6.07) is 17.5. The van der Waals surface area contributed by atoms with E-state index in [-0.39, 0.29) is 11.9 Å². The predicted molar refractivity (Wildman–Crippen MR) is 117 cm³/mol. The summed E-state index contributed by atoms with van der Waals surface area (Å²) in [5, 5.41) is 16.8. The summed E-state index contributed by atoms with van der Waals surface area (Å²) in [6.45, 7) is 7.86. The molecule has 0 saturated carbocycles. The van der Waals surface area contributed by atoms with E-state index in [0.717, 1.165) is 23.4 Å². The number of hydrogen-bond acceptors (Lipinski definition) is 4. The Kier molecular flexibility index (Phi) is 9.68. The lowest BCUT2D eigenvalue weighted by Gasteiger charge is -2.25. The maximum Gasteiger partial charge on any atom is 0.220 e. The van der Waals surface area contributed by atoms with Crippen LogP contribution in [-0.2, 0) is 17.8 Å². The van der Waals surface area contributed by atoms with E-state index in [1.807, 2.05) is 61.5 Å². The Morgan fingerprint density at radius 2 is 1.69 bits per heavy atom. The van der Waals surface area contributed by atoms with Crippen molar-refractivity contribution in [1.82, 2.24) is 10.6 Å². The summed E-state index contributed by atoms with van der Waals surface area (Å²) in [7, 11) is 0. The minimum Gasteiger partial charge on any atom is -0.489 e. The van der Waals surface area contributed by atoms with E-state index in [4.69, 9.17) is 4.74 Å². The molecule has 5 heteroatoms. The highest BCUT2D eigenvalue weighted by atomic mass is 16.5. The number of benzene rings is 2. The van der Waals surface area contributed by atoms with E-state index in [1.165, 1.54) is 0 Å². The topological polar surface area (TPSA) is 70.6 Å². The first kappa shape index (κ1) is 22.9. The second-order valence-corrected chi connectivity index (χ2v) is 7.77. The molecule has 0 aliphatic rings. The molecule has 5 nitrogen and oxygen atoms in total. The van der Waals surface area contributed by atoms with Crippen LogP contribution in [0.2, 0.25) is 0 Å². The molecule has 2 aromatic rings. The van der Waals surface area contributed by atoms with Gasteiger partial charge in [0.25, 0.3) is 0 Å². The summed E-state index contributed by atoms with van der Waals surface area (Å²) in [4.78, 5) is 11.9. The molecular formula is C24H34N2O3. The van der Waals surface area contributed by atoms with Crippen molar-refractivity contribution in [3.8, 4) is 5.75 Å². The number of hydrogen-bond donors (Lipinski definition) is 3. The summed E-state index contributed by atoms with van der Waals surface area (Å²) in [5.41, 5.74) is 2.16. The number of amides is 1. The molecule has 0 unspecified atom stereocenters. The molecule has 0 heterocycles. The molecule has 0 radical (unpaired) electrons. The van der Waals surface area contributed by atoms with Crippen LogP contribution in [0.15, 0.2) is 54.6 Å². The van der Waals surface area contributed by atoms with E-state index in [9.17, 15) is 9.90 Å². The van der Waals surface area contributed by atoms with Crippen molar-refractivity contribution in [3.63, 3.8) is 0 Å². The molecule has 2 rings (SSSR count). The van der Waals surface area contributed by atoms with Gasteiger partial charge in [0.05, 0.1) is 12.1 Å². The van der Waals surface area contributed by atoms with Gasteiger partial charge in [-0.2, -0.15) is 0 Å². The molecule has 3 N–H and O–H groups in total. The van der Waals surface area contributed by atoms with Gasteiger partial charge in [-0.25, -0.2) is 0 Å². The highest BCUT2D eigenvalue weighted by Crippen LogP contribution is 2.16. The van der Waals surface area contributed by atoms with E-state index >= 15 is 0 Å². The van der Waals surface area contributed by atoms with Gasteiger partial charge in [0.1, 0.15) is 12.4 Å². The van der Waals surface area contributed by atoms with E-state index in [2.05, 4.69) is 24.5 Å². The van der Waals surface area contributed by atoms with Gasteiger partial charge in [-0.05, 0) is 42.1 Å². The van der Waals surface area contributed by atoms with Crippen LogP contribution in [0.1, 0.15) is 38.3 Å². The van der Waals surface area contributed by atoms with Gasteiger partial charge in [0.2, 0.25) is 5.91 Å². The molecule has 29 heavy (non-hydrogen) atoms. The molecular weight excluding hydrogens is 364 g/mol. The van der Waals surface area contributed by atoms with Crippen molar-refractivity contribution in [2.75, 3.05) is 13.1 Å². The van der Waals surface area contributed by atoms with Crippen molar-refractivity contribution in [2.24, 2.45) is 5.92 Å². The molecule has 0 bridgehead atoms. The lowest BCUT2D eigenvalue weighted by Crippen LogP contribution is -2.48. The largest absolute Gasteiger partial charge is 0.489 e. The molecule has 2 atom stereocenters. The average molecular weight is 399 g/mol.